The zero-order valence-corrected chi connectivity index (χ0v) is 13.4. The highest BCUT2D eigenvalue weighted by Gasteiger charge is 2.22. The lowest BCUT2D eigenvalue weighted by atomic mass is 10.00. The lowest BCUT2D eigenvalue weighted by Gasteiger charge is -2.33. The van der Waals surface area contributed by atoms with Gasteiger partial charge in [0.1, 0.15) is 0 Å². The third-order valence-electron chi connectivity index (χ3n) is 3.61. The minimum atomic E-state index is 0. The third kappa shape index (κ3) is 5.02. The Morgan fingerprint density at radius 1 is 1.24 bits per heavy atom. The van der Waals surface area contributed by atoms with E-state index in [0.717, 1.165) is 30.9 Å². The molecule has 1 aliphatic carbocycles. The Hall–Kier alpha value is 0. The van der Waals surface area contributed by atoms with Gasteiger partial charge in [-0.15, -0.1) is 24.0 Å². The Kier molecular flexibility index (Phi) is 6.59. The monoisotopic (exact) mass is 351 g/mol. The van der Waals surface area contributed by atoms with Crippen LogP contribution < -0.4 is 5.32 Å². The minimum Gasteiger partial charge on any atom is -0.357 e. The molecule has 1 aliphatic heterocycles. The van der Waals surface area contributed by atoms with Crippen molar-refractivity contribution in [3.63, 3.8) is 0 Å². The highest BCUT2D eigenvalue weighted by atomic mass is 127. The van der Waals surface area contributed by atoms with Crippen LogP contribution in [0.5, 0.6) is 0 Å². The third-order valence-corrected chi connectivity index (χ3v) is 3.61. The largest absolute Gasteiger partial charge is 0.357 e. The molecule has 0 amide bonds. The summed E-state index contributed by atoms with van der Waals surface area (Å²) in [5, 5.41) is 3.43. The topological polar surface area (TPSA) is 27.6 Å². The summed E-state index contributed by atoms with van der Waals surface area (Å²) in [6.07, 6.45) is 5.40. The predicted octanol–water partition coefficient (Wildman–Crippen LogP) is 2.71. The molecule has 0 aromatic rings. The van der Waals surface area contributed by atoms with E-state index in [1.807, 2.05) is 0 Å². The number of hydrogen-bond acceptors (Lipinski definition) is 1. The first-order valence-electron chi connectivity index (χ1n) is 6.83. The second-order valence-corrected chi connectivity index (χ2v) is 5.31. The minimum absolute atomic E-state index is 0. The zero-order valence-electron chi connectivity index (χ0n) is 11.1. The summed E-state index contributed by atoms with van der Waals surface area (Å²) < 4.78 is 0. The van der Waals surface area contributed by atoms with Crippen LogP contribution in [0.15, 0.2) is 4.99 Å². The fourth-order valence-corrected chi connectivity index (χ4v) is 2.16. The second-order valence-electron chi connectivity index (χ2n) is 5.31. The average Bonchev–Trinajstić information content (AvgIpc) is 3.09. The molecular weight excluding hydrogens is 325 g/mol. The van der Waals surface area contributed by atoms with E-state index in [1.165, 1.54) is 38.8 Å². The summed E-state index contributed by atoms with van der Waals surface area (Å²) in [5.74, 6) is 2.93. The standard InChI is InChI=1S/C13H25N3.HI/c1-3-14-13(15-10-12-4-5-12)16-8-6-11(2)7-9-16;/h11-12H,3-10H2,1-2H3,(H,14,15);1H. The smallest absolute Gasteiger partial charge is 0.193 e. The molecule has 17 heavy (non-hydrogen) atoms. The Labute approximate surface area is 122 Å². The molecule has 0 aromatic heterocycles. The Morgan fingerprint density at radius 2 is 1.88 bits per heavy atom. The number of halogens is 1. The molecule has 0 unspecified atom stereocenters. The number of hydrogen-bond donors (Lipinski definition) is 1. The Morgan fingerprint density at radius 3 is 2.41 bits per heavy atom. The zero-order chi connectivity index (χ0) is 11.4. The average molecular weight is 351 g/mol. The highest BCUT2D eigenvalue weighted by Crippen LogP contribution is 2.29. The van der Waals surface area contributed by atoms with Crippen LogP contribution in [0.2, 0.25) is 0 Å². The van der Waals surface area contributed by atoms with Crippen LogP contribution in [0, 0.1) is 11.8 Å². The number of piperidine rings is 1. The van der Waals surface area contributed by atoms with Gasteiger partial charge in [0.15, 0.2) is 5.96 Å². The van der Waals surface area contributed by atoms with Crippen molar-refractivity contribution < 1.29 is 0 Å². The Balaban J connectivity index is 0.00000144. The van der Waals surface area contributed by atoms with E-state index in [-0.39, 0.29) is 24.0 Å². The van der Waals surface area contributed by atoms with Crippen molar-refractivity contribution in [3.8, 4) is 0 Å². The molecule has 2 fully saturated rings. The lowest BCUT2D eigenvalue weighted by molar-refractivity contribution is 0.273. The van der Waals surface area contributed by atoms with Gasteiger partial charge in [-0.25, -0.2) is 0 Å². The van der Waals surface area contributed by atoms with Crippen molar-refractivity contribution in [3.05, 3.63) is 0 Å². The molecule has 0 spiro atoms. The molecule has 0 bridgehead atoms. The first-order valence-corrected chi connectivity index (χ1v) is 6.83. The first kappa shape index (κ1) is 15.1. The van der Waals surface area contributed by atoms with E-state index in [1.54, 1.807) is 0 Å². The number of aliphatic imine (C=N–C) groups is 1. The summed E-state index contributed by atoms with van der Waals surface area (Å²) in [6, 6.07) is 0. The summed E-state index contributed by atoms with van der Waals surface area (Å²) >= 11 is 0. The summed E-state index contributed by atoms with van der Waals surface area (Å²) in [5.41, 5.74) is 0. The number of guanidine groups is 1. The van der Waals surface area contributed by atoms with Gasteiger partial charge in [-0.05, 0) is 44.4 Å². The maximum Gasteiger partial charge on any atom is 0.193 e. The van der Waals surface area contributed by atoms with Gasteiger partial charge in [-0.3, -0.25) is 4.99 Å². The van der Waals surface area contributed by atoms with E-state index in [0.29, 0.717) is 0 Å². The van der Waals surface area contributed by atoms with Crippen LogP contribution in [0.25, 0.3) is 0 Å². The van der Waals surface area contributed by atoms with Gasteiger partial charge in [-0.2, -0.15) is 0 Å². The van der Waals surface area contributed by atoms with Crippen molar-refractivity contribution in [2.24, 2.45) is 16.8 Å². The molecule has 3 nitrogen and oxygen atoms in total. The number of likely N-dealkylation sites (tertiary alicyclic amines) is 1. The van der Waals surface area contributed by atoms with Gasteiger partial charge in [-0.1, -0.05) is 6.92 Å². The van der Waals surface area contributed by atoms with Crippen molar-refractivity contribution in [2.45, 2.75) is 39.5 Å². The van der Waals surface area contributed by atoms with E-state index < -0.39 is 0 Å². The lowest BCUT2D eigenvalue weighted by Crippen LogP contribution is -2.45. The summed E-state index contributed by atoms with van der Waals surface area (Å²) in [6.45, 7) is 8.88. The van der Waals surface area contributed by atoms with Gasteiger partial charge >= 0.3 is 0 Å². The molecule has 2 aliphatic rings. The molecule has 100 valence electrons. The Bertz CT molecular complexity index is 243. The maximum atomic E-state index is 4.76. The molecule has 0 atom stereocenters. The van der Waals surface area contributed by atoms with E-state index >= 15 is 0 Å². The fourth-order valence-electron chi connectivity index (χ4n) is 2.16. The highest BCUT2D eigenvalue weighted by molar-refractivity contribution is 14.0. The van der Waals surface area contributed by atoms with Crippen LogP contribution in [-0.4, -0.2) is 37.0 Å². The molecule has 1 saturated heterocycles. The molecule has 1 N–H and O–H groups in total. The maximum absolute atomic E-state index is 4.76. The molecule has 4 heteroatoms. The van der Waals surface area contributed by atoms with E-state index in [9.17, 15) is 0 Å². The number of rotatable bonds is 3. The summed E-state index contributed by atoms with van der Waals surface area (Å²) in [7, 11) is 0. The van der Waals surface area contributed by atoms with Crippen LogP contribution >= 0.6 is 24.0 Å². The van der Waals surface area contributed by atoms with Gasteiger partial charge in [0, 0.05) is 26.2 Å². The van der Waals surface area contributed by atoms with Gasteiger partial charge < -0.3 is 10.2 Å². The van der Waals surface area contributed by atoms with Gasteiger partial charge in [0.2, 0.25) is 0 Å². The fraction of sp³-hybridized carbons (Fsp3) is 0.923. The molecule has 1 heterocycles. The van der Waals surface area contributed by atoms with Crippen LogP contribution in [-0.2, 0) is 0 Å². The van der Waals surface area contributed by atoms with Crippen molar-refractivity contribution in [1.29, 1.82) is 0 Å². The number of nitrogens with one attached hydrogen (secondary N) is 1. The van der Waals surface area contributed by atoms with Crippen LogP contribution in [0.1, 0.15) is 39.5 Å². The normalized spacial score (nSPS) is 22.2. The van der Waals surface area contributed by atoms with Crippen molar-refractivity contribution in [1.82, 2.24) is 10.2 Å². The molecule has 2 rings (SSSR count). The molecular formula is C13H26IN3. The predicted molar refractivity (Wildman–Crippen MR) is 84.1 cm³/mol. The van der Waals surface area contributed by atoms with Crippen LogP contribution in [0.4, 0.5) is 0 Å². The SMILES string of the molecule is CCNC(=NCC1CC1)N1CCC(C)CC1.I. The van der Waals surface area contributed by atoms with Gasteiger partial charge in [0.25, 0.3) is 0 Å². The van der Waals surface area contributed by atoms with Crippen LogP contribution in [0.3, 0.4) is 0 Å². The van der Waals surface area contributed by atoms with Crippen molar-refractivity contribution in [2.75, 3.05) is 26.2 Å². The van der Waals surface area contributed by atoms with E-state index in [2.05, 4.69) is 24.1 Å². The van der Waals surface area contributed by atoms with Crippen molar-refractivity contribution >= 4 is 29.9 Å². The second kappa shape index (κ2) is 7.44. The van der Waals surface area contributed by atoms with Gasteiger partial charge in [0.05, 0.1) is 0 Å². The van der Waals surface area contributed by atoms with E-state index in [4.69, 9.17) is 4.99 Å². The molecule has 1 saturated carbocycles. The quantitative estimate of drug-likeness (QED) is 0.481. The summed E-state index contributed by atoms with van der Waals surface area (Å²) in [4.78, 5) is 7.19. The molecule has 0 radical (unpaired) electrons. The first-order chi connectivity index (χ1) is 7.79. The number of nitrogens with zero attached hydrogens (tertiary/aromatic N) is 2. The molecule has 0 aromatic carbocycles.